The highest BCUT2D eigenvalue weighted by atomic mass is 16.5. The predicted molar refractivity (Wildman–Crippen MR) is 84.2 cm³/mol. The molecule has 2 rings (SSSR count). The standard InChI is InChI=1S/C16H24N2O4/c1-21-10-11-22-15-8-4-13(5-9-15)18-16(20)17-12-2-6-14(19)7-3-12/h4-5,8-9,12,14,19H,2-3,6-7,10-11H2,1H3,(H2,17,18,20). The smallest absolute Gasteiger partial charge is 0.319 e. The number of hydrogen-bond donors (Lipinski definition) is 3. The Morgan fingerprint density at radius 3 is 2.50 bits per heavy atom. The van der Waals surface area contributed by atoms with E-state index in [4.69, 9.17) is 9.47 Å². The Bertz CT molecular complexity index is 456. The Kier molecular flexibility index (Phi) is 6.48. The normalized spacial score (nSPS) is 21.2. The molecule has 1 aliphatic carbocycles. The van der Waals surface area contributed by atoms with Gasteiger partial charge in [0, 0.05) is 18.8 Å². The highest BCUT2D eigenvalue weighted by Crippen LogP contribution is 2.19. The first kappa shape index (κ1) is 16.6. The summed E-state index contributed by atoms with van der Waals surface area (Å²) < 4.78 is 10.4. The van der Waals surface area contributed by atoms with E-state index < -0.39 is 0 Å². The monoisotopic (exact) mass is 308 g/mol. The third-order valence-corrected chi connectivity index (χ3v) is 3.70. The fourth-order valence-electron chi connectivity index (χ4n) is 2.45. The third-order valence-electron chi connectivity index (χ3n) is 3.70. The van der Waals surface area contributed by atoms with Crippen molar-refractivity contribution in [2.45, 2.75) is 37.8 Å². The van der Waals surface area contributed by atoms with Crippen molar-refractivity contribution in [3.63, 3.8) is 0 Å². The summed E-state index contributed by atoms with van der Waals surface area (Å²) in [4.78, 5) is 11.9. The molecule has 0 radical (unpaired) electrons. The lowest BCUT2D eigenvalue weighted by Crippen LogP contribution is -2.40. The van der Waals surface area contributed by atoms with Crippen LogP contribution in [0.1, 0.15) is 25.7 Å². The van der Waals surface area contributed by atoms with E-state index in [-0.39, 0.29) is 18.2 Å². The molecule has 0 atom stereocenters. The van der Waals surface area contributed by atoms with Gasteiger partial charge in [0.2, 0.25) is 0 Å². The molecular weight excluding hydrogens is 284 g/mol. The van der Waals surface area contributed by atoms with Crippen LogP contribution in [0.2, 0.25) is 0 Å². The second kappa shape index (κ2) is 8.60. The lowest BCUT2D eigenvalue weighted by Gasteiger charge is -2.26. The molecule has 6 nitrogen and oxygen atoms in total. The first-order valence-electron chi connectivity index (χ1n) is 7.65. The molecule has 0 heterocycles. The van der Waals surface area contributed by atoms with Gasteiger partial charge in [0.05, 0.1) is 12.7 Å². The van der Waals surface area contributed by atoms with E-state index in [0.717, 1.165) is 31.4 Å². The van der Waals surface area contributed by atoms with E-state index in [1.54, 1.807) is 19.2 Å². The minimum Gasteiger partial charge on any atom is -0.491 e. The number of anilines is 1. The summed E-state index contributed by atoms with van der Waals surface area (Å²) in [6, 6.07) is 7.14. The van der Waals surface area contributed by atoms with Gasteiger partial charge in [0.25, 0.3) is 0 Å². The number of carbonyl (C=O) groups is 1. The van der Waals surface area contributed by atoms with E-state index in [1.807, 2.05) is 12.1 Å². The highest BCUT2D eigenvalue weighted by Gasteiger charge is 2.20. The van der Waals surface area contributed by atoms with Crippen LogP contribution >= 0.6 is 0 Å². The zero-order chi connectivity index (χ0) is 15.8. The molecule has 0 unspecified atom stereocenters. The Morgan fingerprint density at radius 1 is 1.18 bits per heavy atom. The number of aliphatic hydroxyl groups excluding tert-OH is 1. The first-order valence-corrected chi connectivity index (χ1v) is 7.65. The molecule has 0 saturated heterocycles. The van der Waals surface area contributed by atoms with Gasteiger partial charge in [-0.1, -0.05) is 0 Å². The molecule has 1 aliphatic rings. The van der Waals surface area contributed by atoms with Crippen molar-refractivity contribution in [2.24, 2.45) is 0 Å². The molecule has 22 heavy (non-hydrogen) atoms. The number of benzene rings is 1. The van der Waals surface area contributed by atoms with E-state index in [9.17, 15) is 9.90 Å². The van der Waals surface area contributed by atoms with E-state index in [2.05, 4.69) is 10.6 Å². The van der Waals surface area contributed by atoms with Gasteiger partial charge in [-0.3, -0.25) is 0 Å². The van der Waals surface area contributed by atoms with Crippen molar-refractivity contribution >= 4 is 11.7 Å². The van der Waals surface area contributed by atoms with Crippen LogP contribution in [0.4, 0.5) is 10.5 Å². The number of urea groups is 1. The van der Waals surface area contributed by atoms with Gasteiger partial charge >= 0.3 is 6.03 Å². The Morgan fingerprint density at radius 2 is 1.86 bits per heavy atom. The molecule has 1 saturated carbocycles. The summed E-state index contributed by atoms with van der Waals surface area (Å²) in [6.45, 7) is 1.04. The molecule has 0 aromatic heterocycles. The predicted octanol–water partition coefficient (Wildman–Crippen LogP) is 2.14. The SMILES string of the molecule is COCCOc1ccc(NC(=O)NC2CCC(O)CC2)cc1. The summed E-state index contributed by atoms with van der Waals surface area (Å²) in [7, 11) is 1.63. The van der Waals surface area contributed by atoms with Crippen molar-refractivity contribution in [3.05, 3.63) is 24.3 Å². The molecule has 1 fully saturated rings. The summed E-state index contributed by atoms with van der Waals surface area (Å²) in [5.41, 5.74) is 0.715. The van der Waals surface area contributed by atoms with Crippen molar-refractivity contribution in [1.29, 1.82) is 0 Å². The van der Waals surface area contributed by atoms with Crippen molar-refractivity contribution in [1.82, 2.24) is 5.32 Å². The molecule has 6 heteroatoms. The van der Waals surface area contributed by atoms with Gasteiger partial charge in [-0.15, -0.1) is 0 Å². The zero-order valence-electron chi connectivity index (χ0n) is 12.9. The maximum Gasteiger partial charge on any atom is 0.319 e. The summed E-state index contributed by atoms with van der Waals surface area (Å²) in [6.07, 6.45) is 2.92. The molecular formula is C16H24N2O4. The maximum absolute atomic E-state index is 11.9. The van der Waals surface area contributed by atoms with Crippen molar-refractivity contribution in [2.75, 3.05) is 25.6 Å². The zero-order valence-corrected chi connectivity index (χ0v) is 12.9. The van der Waals surface area contributed by atoms with Gasteiger partial charge in [0.1, 0.15) is 12.4 Å². The minimum atomic E-state index is -0.216. The summed E-state index contributed by atoms with van der Waals surface area (Å²) in [5, 5.41) is 15.2. The number of carbonyl (C=O) groups excluding carboxylic acids is 1. The average molecular weight is 308 g/mol. The number of methoxy groups -OCH3 is 1. The van der Waals surface area contributed by atoms with Crippen LogP contribution in [0.5, 0.6) is 5.75 Å². The van der Waals surface area contributed by atoms with Crippen molar-refractivity contribution < 1.29 is 19.4 Å². The Hall–Kier alpha value is -1.79. The third kappa shape index (κ3) is 5.54. The van der Waals surface area contributed by atoms with Crippen LogP contribution in [-0.2, 0) is 4.74 Å². The molecule has 122 valence electrons. The molecule has 2 amide bonds. The minimum absolute atomic E-state index is 0.139. The molecule has 3 N–H and O–H groups in total. The maximum atomic E-state index is 11.9. The van der Waals surface area contributed by atoms with E-state index in [0.29, 0.717) is 18.9 Å². The number of hydrogen-bond acceptors (Lipinski definition) is 4. The van der Waals surface area contributed by atoms with Crippen LogP contribution in [-0.4, -0.2) is 43.6 Å². The van der Waals surface area contributed by atoms with Crippen LogP contribution in [0.15, 0.2) is 24.3 Å². The lowest BCUT2D eigenvalue weighted by atomic mass is 9.93. The van der Waals surface area contributed by atoms with E-state index >= 15 is 0 Å². The fourth-order valence-corrected chi connectivity index (χ4v) is 2.45. The Balaban J connectivity index is 1.74. The molecule has 0 spiro atoms. The second-order valence-corrected chi connectivity index (χ2v) is 5.47. The average Bonchev–Trinajstić information content (AvgIpc) is 2.51. The lowest BCUT2D eigenvalue weighted by molar-refractivity contribution is 0.118. The molecule has 1 aromatic carbocycles. The van der Waals surface area contributed by atoms with Gasteiger partial charge in [-0.25, -0.2) is 4.79 Å². The fraction of sp³-hybridized carbons (Fsp3) is 0.562. The van der Waals surface area contributed by atoms with Gasteiger partial charge < -0.3 is 25.2 Å². The van der Waals surface area contributed by atoms with Crippen LogP contribution in [0.3, 0.4) is 0 Å². The van der Waals surface area contributed by atoms with Crippen LogP contribution in [0.25, 0.3) is 0 Å². The van der Waals surface area contributed by atoms with Gasteiger partial charge in [-0.2, -0.15) is 0 Å². The summed E-state index contributed by atoms with van der Waals surface area (Å²) >= 11 is 0. The van der Waals surface area contributed by atoms with E-state index in [1.165, 1.54) is 0 Å². The Labute approximate surface area is 130 Å². The quantitative estimate of drug-likeness (QED) is 0.703. The largest absolute Gasteiger partial charge is 0.491 e. The second-order valence-electron chi connectivity index (χ2n) is 5.47. The van der Waals surface area contributed by atoms with Crippen molar-refractivity contribution in [3.8, 4) is 5.75 Å². The summed E-state index contributed by atoms with van der Waals surface area (Å²) in [5.74, 6) is 0.740. The first-order chi connectivity index (χ1) is 10.7. The van der Waals surface area contributed by atoms with Gasteiger partial charge in [-0.05, 0) is 49.9 Å². The van der Waals surface area contributed by atoms with Crippen LogP contribution < -0.4 is 15.4 Å². The van der Waals surface area contributed by atoms with Crippen LogP contribution in [0, 0.1) is 0 Å². The molecule has 1 aromatic rings. The number of aliphatic hydroxyl groups is 1. The topological polar surface area (TPSA) is 79.8 Å². The molecule has 0 aliphatic heterocycles. The number of ether oxygens (including phenoxy) is 2. The number of nitrogens with one attached hydrogen (secondary N) is 2. The molecule has 0 bridgehead atoms. The number of amides is 2. The highest BCUT2D eigenvalue weighted by molar-refractivity contribution is 5.89. The van der Waals surface area contributed by atoms with Gasteiger partial charge in [0.15, 0.2) is 0 Å². The number of rotatable bonds is 6.